The number of unbranched alkanes of at least 4 members (excludes halogenated alkanes) is 4. The van der Waals surface area contributed by atoms with Gasteiger partial charge in [0.1, 0.15) is 0 Å². The number of aromatic nitrogens is 1. The summed E-state index contributed by atoms with van der Waals surface area (Å²) in [6, 6.07) is 7.35. The largest absolute Gasteiger partial charge is 0.273 e. The summed E-state index contributed by atoms with van der Waals surface area (Å²) in [7, 11) is 0. The van der Waals surface area contributed by atoms with Crippen molar-refractivity contribution < 1.29 is 9.18 Å². The van der Waals surface area contributed by atoms with Gasteiger partial charge < -0.3 is 0 Å². The molecule has 0 saturated heterocycles. The number of amides is 1. The van der Waals surface area contributed by atoms with Gasteiger partial charge in [-0.3, -0.25) is 4.79 Å². The lowest BCUT2D eigenvalue weighted by molar-refractivity contribution is -0.121. The van der Waals surface area contributed by atoms with E-state index in [0.717, 1.165) is 30.2 Å². The highest BCUT2D eigenvalue weighted by Crippen LogP contribution is 2.16. The van der Waals surface area contributed by atoms with Gasteiger partial charge in [-0.1, -0.05) is 44.7 Å². The molecule has 0 unspecified atom stereocenters. The Kier molecular flexibility index (Phi) is 6.85. The van der Waals surface area contributed by atoms with Gasteiger partial charge in [-0.25, -0.2) is 10.4 Å². The Balaban J connectivity index is 1.89. The molecule has 1 aromatic carbocycles. The van der Waals surface area contributed by atoms with Gasteiger partial charge >= 0.3 is 0 Å². The molecule has 1 N–H and O–H groups in total. The smallest absolute Gasteiger partial charge is 0.240 e. The predicted molar refractivity (Wildman–Crippen MR) is 95.6 cm³/mol. The highest BCUT2D eigenvalue weighted by atomic mass is 19.1. The molecule has 0 radical (unpaired) electrons. The van der Waals surface area contributed by atoms with Gasteiger partial charge in [0.05, 0.1) is 17.3 Å². The molecule has 0 aliphatic heterocycles. The lowest BCUT2D eigenvalue weighted by Crippen LogP contribution is -2.17. The van der Waals surface area contributed by atoms with E-state index in [9.17, 15) is 9.18 Å². The first kappa shape index (κ1) is 18.0. The third kappa shape index (κ3) is 5.41. The molecule has 0 atom stereocenters. The van der Waals surface area contributed by atoms with Crippen LogP contribution in [0.5, 0.6) is 0 Å². The van der Waals surface area contributed by atoms with Crippen LogP contribution >= 0.6 is 0 Å². The number of hydrazone groups is 1. The van der Waals surface area contributed by atoms with Crippen molar-refractivity contribution in [2.24, 2.45) is 5.10 Å². The molecule has 0 bridgehead atoms. The Hall–Kier alpha value is -2.30. The first-order valence-electron chi connectivity index (χ1n) is 8.49. The molecule has 0 aliphatic carbocycles. The van der Waals surface area contributed by atoms with Crippen LogP contribution in [0.4, 0.5) is 4.39 Å². The molecule has 24 heavy (non-hydrogen) atoms. The average Bonchev–Trinajstić information content (AvgIpc) is 2.55. The molecule has 0 fully saturated rings. The number of carbonyl (C=O) groups is 1. The standard InChI is InChI=1S/C19H24FN3O/c1-3-4-5-6-7-8-18(24)23-21-13-16-12-15-10-9-14(2)11-17(15)22-19(16)20/h9-13H,3-8H2,1-2H3,(H,23,24). The Morgan fingerprint density at radius 3 is 2.83 bits per heavy atom. The summed E-state index contributed by atoms with van der Waals surface area (Å²) in [5.74, 6) is -0.738. The fourth-order valence-corrected chi connectivity index (χ4v) is 2.48. The average molecular weight is 329 g/mol. The summed E-state index contributed by atoms with van der Waals surface area (Å²) >= 11 is 0. The highest BCUT2D eigenvalue weighted by Gasteiger charge is 2.05. The van der Waals surface area contributed by atoms with Gasteiger partial charge in [0.2, 0.25) is 11.9 Å². The number of nitrogens with zero attached hydrogens (tertiary/aromatic N) is 2. The molecule has 128 valence electrons. The summed E-state index contributed by atoms with van der Waals surface area (Å²) in [6.07, 6.45) is 7.19. The molecule has 1 heterocycles. The summed E-state index contributed by atoms with van der Waals surface area (Å²) < 4.78 is 14.0. The molecular formula is C19H24FN3O. The van der Waals surface area contributed by atoms with Crippen LogP contribution in [0.15, 0.2) is 29.4 Å². The Bertz CT molecular complexity index is 728. The van der Waals surface area contributed by atoms with Crippen LogP contribution in [0.3, 0.4) is 0 Å². The molecule has 0 saturated carbocycles. The number of pyridine rings is 1. The maximum absolute atomic E-state index is 14.0. The second kappa shape index (κ2) is 9.11. The summed E-state index contributed by atoms with van der Waals surface area (Å²) in [5, 5.41) is 4.68. The fourth-order valence-electron chi connectivity index (χ4n) is 2.48. The van der Waals surface area contributed by atoms with Crippen molar-refractivity contribution in [3.05, 3.63) is 41.3 Å². The Morgan fingerprint density at radius 1 is 1.25 bits per heavy atom. The van der Waals surface area contributed by atoms with E-state index < -0.39 is 5.95 Å². The molecule has 1 amide bonds. The fraction of sp³-hybridized carbons (Fsp3) is 0.421. The third-order valence-corrected chi connectivity index (χ3v) is 3.85. The van der Waals surface area contributed by atoms with Gasteiger partial charge in [0.15, 0.2) is 0 Å². The van der Waals surface area contributed by atoms with Crippen LogP contribution in [-0.4, -0.2) is 17.1 Å². The van der Waals surface area contributed by atoms with E-state index in [2.05, 4.69) is 22.4 Å². The topological polar surface area (TPSA) is 54.4 Å². The number of aryl methyl sites for hydroxylation is 1. The van der Waals surface area contributed by atoms with E-state index in [0.29, 0.717) is 11.9 Å². The van der Waals surface area contributed by atoms with Crippen LogP contribution in [0.2, 0.25) is 0 Å². The number of halogens is 1. The first-order valence-corrected chi connectivity index (χ1v) is 8.49. The predicted octanol–water partition coefficient (Wildman–Crippen LogP) is 4.49. The minimum absolute atomic E-state index is 0.146. The quantitative estimate of drug-likeness (QED) is 0.336. The van der Waals surface area contributed by atoms with E-state index in [1.807, 2.05) is 25.1 Å². The zero-order valence-electron chi connectivity index (χ0n) is 14.3. The number of nitrogens with one attached hydrogen (secondary N) is 1. The zero-order chi connectivity index (χ0) is 17.4. The SMILES string of the molecule is CCCCCCCC(=O)NN=Cc1cc2ccc(C)cc2nc1F. The minimum atomic E-state index is -0.592. The van der Waals surface area contributed by atoms with Crippen molar-refractivity contribution in [2.75, 3.05) is 0 Å². The molecule has 4 nitrogen and oxygen atoms in total. The summed E-state index contributed by atoms with van der Waals surface area (Å²) in [6.45, 7) is 4.09. The number of rotatable bonds is 8. The van der Waals surface area contributed by atoms with E-state index >= 15 is 0 Å². The van der Waals surface area contributed by atoms with Gasteiger partial charge in [0, 0.05) is 11.8 Å². The lowest BCUT2D eigenvalue weighted by atomic mass is 10.1. The zero-order valence-corrected chi connectivity index (χ0v) is 14.3. The lowest BCUT2D eigenvalue weighted by Gasteiger charge is -2.03. The van der Waals surface area contributed by atoms with Crippen molar-refractivity contribution in [3.8, 4) is 0 Å². The Labute approximate surface area is 142 Å². The minimum Gasteiger partial charge on any atom is -0.273 e. The number of benzene rings is 1. The van der Waals surface area contributed by atoms with Gasteiger partial charge in [-0.15, -0.1) is 0 Å². The number of hydrogen-bond acceptors (Lipinski definition) is 3. The van der Waals surface area contributed by atoms with E-state index in [1.165, 1.54) is 19.1 Å². The highest BCUT2D eigenvalue weighted by molar-refractivity contribution is 5.88. The molecular weight excluding hydrogens is 305 g/mol. The normalized spacial score (nSPS) is 11.3. The van der Waals surface area contributed by atoms with Crippen LogP contribution in [0.25, 0.3) is 10.9 Å². The second-order valence-corrected chi connectivity index (χ2v) is 6.02. The molecule has 0 spiro atoms. The monoisotopic (exact) mass is 329 g/mol. The summed E-state index contributed by atoms with van der Waals surface area (Å²) in [4.78, 5) is 15.6. The molecule has 0 aliphatic rings. The van der Waals surface area contributed by atoms with Crippen molar-refractivity contribution in [1.29, 1.82) is 0 Å². The van der Waals surface area contributed by atoms with Gasteiger partial charge in [0.25, 0.3) is 0 Å². The van der Waals surface area contributed by atoms with Crippen LogP contribution in [0, 0.1) is 12.9 Å². The number of fused-ring (bicyclic) bond motifs is 1. The third-order valence-electron chi connectivity index (χ3n) is 3.85. The van der Waals surface area contributed by atoms with Gasteiger partial charge in [-0.05, 0) is 31.0 Å². The van der Waals surface area contributed by atoms with Crippen LogP contribution in [-0.2, 0) is 4.79 Å². The van der Waals surface area contributed by atoms with Crippen molar-refractivity contribution in [3.63, 3.8) is 0 Å². The van der Waals surface area contributed by atoms with Crippen molar-refractivity contribution in [1.82, 2.24) is 10.4 Å². The molecule has 5 heteroatoms. The maximum Gasteiger partial charge on any atom is 0.240 e. The van der Waals surface area contributed by atoms with E-state index in [4.69, 9.17) is 0 Å². The maximum atomic E-state index is 14.0. The number of hydrogen-bond donors (Lipinski definition) is 1. The van der Waals surface area contributed by atoms with Crippen LogP contribution < -0.4 is 5.43 Å². The Morgan fingerprint density at radius 2 is 2.04 bits per heavy atom. The van der Waals surface area contributed by atoms with Gasteiger partial charge in [-0.2, -0.15) is 9.49 Å². The molecule has 1 aromatic heterocycles. The van der Waals surface area contributed by atoms with E-state index in [-0.39, 0.29) is 11.5 Å². The van der Waals surface area contributed by atoms with E-state index in [1.54, 1.807) is 6.07 Å². The number of carbonyl (C=O) groups excluding carboxylic acids is 1. The first-order chi connectivity index (χ1) is 11.6. The van der Waals surface area contributed by atoms with Crippen LogP contribution in [0.1, 0.15) is 56.6 Å². The summed E-state index contributed by atoms with van der Waals surface area (Å²) in [5.41, 5.74) is 4.34. The van der Waals surface area contributed by atoms with Crippen molar-refractivity contribution in [2.45, 2.75) is 52.4 Å². The van der Waals surface area contributed by atoms with Crippen molar-refractivity contribution >= 4 is 23.0 Å². The second-order valence-electron chi connectivity index (χ2n) is 6.02. The molecule has 2 aromatic rings. The molecule has 2 rings (SSSR count).